The Hall–Kier alpha value is -2.59. The Morgan fingerprint density at radius 1 is 1.05 bits per heavy atom. The van der Waals surface area contributed by atoms with Gasteiger partial charge in [0.15, 0.2) is 0 Å². The number of carbonyl (C=O) groups is 1. The first-order chi connectivity index (χ1) is 10.1. The summed E-state index contributed by atoms with van der Waals surface area (Å²) in [6, 6.07) is 15.8. The Bertz CT molecular complexity index is 820. The average Bonchev–Trinajstić information content (AvgIpc) is 2.47. The maximum atomic E-state index is 11.6. The summed E-state index contributed by atoms with van der Waals surface area (Å²) in [6.45, 7) is 0. The van der Waals surface area contributed by atoms with Gasteiger partial charge >= 0.3 is 6.09 Å². The minimum Gasteiger partial charge on any atom is -0.464 e. The van der Waals surface area contributed by atoms with Crippen molar-refractivity contribution in [3.05, 3.63) is 65.8 Å². The van der Waals surface area contributed by atoms with Crippen molar-refractivity contribution in [1.82, 2.24) is 4.98 Å². The summed E-state index contributed by atoms with van der Waals surface area (Å²) >= 11 is 5.95. The van der Waals surface area contributed by atoms with Crippen LogP contribution in [0.5, 0.6) is 0 Å². The summed E-state index contributed by atoms with van der Waals surface area (Å²) in [4.78, 5) is 17.0. The molecule has 0 spiro atoms. The molecule has 1 aromatic heterocycles. The van der Waals surface area contributed by atoms with Gasteiger partial charge in [-0.3, -0.25) is 4.98 Å². The molecule has 3 rings (SSSR count). The van der Waals surface area contributed by atoms with E-state index in [4.69, 9.17) is 11.6 Å². The monoisotopic (exact) mass is 298 g/mol. The SMILES string of the molecule is O=C(O)N(c1cccc(Cl)c1)c1ccc2ncccc2c1. The lowest BCUT2D eigenvalue weighted by atomic mass is 10.1. The van der Waals surface area contributed by atoms with E-state index in [0.29, 0.717) is 16.4 Å². The number of aromatic nitrogens is 1. The topological polar surface area (TPSA) is 53.4 Å². The molecule has 0 aliphatic heterocycles. The number of amides is 1. The Labute approximate surface area is 126 Å². The maximum Gasteiger partial charge on any atom is 0.416 e. The Morgan fingerprint density at radius 2 is 1.86 bits per heavy atom. The number of benzene rings is 2. The highest BCUT2D eigenvalue weighted by Gasteiger charge is 2.17. The van der Waals surface area contributed by atoms with Crippen LogP contribution in [0.25, 0.3) is 10.9 Å². The Morgan fingerprint density at radius 3 is 2.62 bits per heavy atom. The number of anilines is 2. The predicted molar refractivity (Wildman–Crippen MR) is 83.4 cm³/mol. The van der Waals surface area contributed by atoms with Crippen molar-refractivity contribution < 1.29 is 9.90 Å². The molecule has 1 heterocycles. The quantitative estimate of drug-likeness (QED) is 0.746. The van der Waals surface area contributed by atoms with Crippen LogP contribution in [-0.4, -0.2) is 16.2 Å². The number of carboxylic acid groups (broad SMARTS) is 1. The molecule has 1 amide bonds. The van der Waals surface area contributed by atoms with Crippen molar-refractivity contribution in [2.75, 3.05) is 4.90 Å². The second kappa shape index (κ2) is 5.42. The molecule has 3 aromatic rings. The van der Waals surface area contributed by atoms with E-state index in [0.717, 1.165) is 10.9 Å². The second-order valence-electron chi connectivity index (χ2n) is 4.48. The van der Waals surface area contributed by atoms with Gasteiger partial charge in [-0.1, -0.05) is 23.7 Å². The van der Waals surface area contributed by atoms with E-state index in [1.165, 1.54) is 4.90 Å². The molecule has 0 aliphatic carbocycles. The van der Waals surface area contributed by atoms with Crippen LogP contribution >= 0.6 is 11.6 Å². The fourth-order valence-electron chi connectivity index (χ4n) is 2.19. The molecule has 2 aromatic carbocycles. The average molecular weight is 299 g/mol. The number of fused-ring (bicyclic) bond motifs is 1. The molecule has 104 valence electrons. The van der Waals surface area contributed by atoms with Crippen molar-refractivity contribution in [3.63, 3.8) is 0 Å². The number of hydrogen-bond donors (Lipinski definition) is 1. The molecule has 0 saturated heterocycles. The summed E-state index contributed by atoms with van der Waals surface area (Å²) in [5.41, 5.74) is 1.86. The molecule has 0 bridgehead atoms. The minimum atomic E-state index is -1.07. The fraction of sp³-hybridized carbons (Fsp3) is 0. The fourth-order valence-corrected chi connectivity index (χ4v) is 2.37. The zero-order chi connectivity index (χ0) is 14.8. The zero-order valence-corrected chi connectivity index (χ0v) is 11.7. The predicted octanol–water partition coefficient (Wildman–Crippen LogP) is 4.70. The maximum absolute atomic E-state index is 11.6. The van der Waals surface area contributed by atoms with Gasteiger partial charge in [0.25, 0.3) is 0 Å². The minimum absolute atomic E-state index is 0.487. The summed E-state index contributed by atoms with van der Waals surface area (Å²) in [6.07, 6.45) is 0.633. The van der Waals surface area contributed by atoms with E-state index in [-0.39, 0.29) is 0 Å². The first-order valence-corrected chi connectivity index (χ1v) is 6.66. The molecule has 0 unspecified atom stereocenters. The number of halogens is 1. The van der Waals surface area contributed by atoms with Gasteiger partial charge in [0.05, 0.1) is 16.9 Å². The lowest BCUT2D eigenvalue weighted by molar-refractivity contribution is 0.205. The highest BCUT2D eigenvalue weighted by atomic mass is 35.5. The van der Waals surface area contributed by atoms with Crippen LogP contribution in [0.2, 0.25) is 5.02 Å². The van der Waals surface area contributed by atoms with Crippen LogP contribution in [0, 0.1) is 0 Å². The van der Waals surface area contributed by atoms with Crippen molar-refractivity contribution in [2.24, 2.45) is 0 Å². The van der Waals surface area contributed by atoms with Gasteiger partial charge in [0.2, 0.25) is 0 Å². The van der Waals surface area contributed by atoms with E-state index >= 15 is 0 Å². The summed E-state index contributed by atoms with van der Waals surface area (Å²) in [7, 11) is 0. The molecule has 1 N–H and O–H groups in total. The molecule has 0 atom stereocenters. The Kier molecular flexibility index (Phi) is 3.46. The van der Waals surface area contributed by atoms with E-state index in [9.17, 15) is 9.90 Å². The van der Waals surface area contributed by atoms with Crippen molar-refractivity contribution >= 4 is 40.0 Å². The summed E-state index contributed by atoms with van der Waals surface area (Å²) in [5.74, 6) is 0. The van der Waals surface area contributed by atoms with E-state index < -0.39 is 6.09 Å². The van der Waals surface area contributed by atoms with Gasteiger partial charge in [-0.05, 0) is 42.5 Å². The third-order valence-electron chi connectivity index (χ3n) is 3.10. The van der Waals surface area contributed by atoms with Gasteiger partial charge < -0.3 is 5.11 Å². The van der Waals surface area contributed by atoms with Crippen molar-refractivity contribution in [3.8, 4) is 0 Å². The molecule has 5 heteroatoms. The van der Waals surface area contributed by atoms with Gasteiger partial charge in [0, 0.05) is 16.6 Å². The van der Waals surface area contributed by atoms with E-state index in [1.807, 2.05) is 12.1 Å². The molecule has 4 nitrogen and oxygen atoms in total. The molecule has 0 saturated carbocycles. The van der Waals surface area contributed by atoms with Gasteiger partial charge in [-0.2, -0.15) is 0 Å². The second-order valence-corrected chi connectivity index (χ2v) is 4.91. The number of pyridine rings is 1. The highest BCUT2D eigenvalue weighted by Crippen LogP contribution is 2.29. The van der Waals surface area contributed by atoms with Crippen LogP contribution in [-0.2, 0) is 0 Å². The Balaban J connectivity index is 2.13. The van der Waals surface area contributed by atoms with E-state index in [2.05, 4.69) is 4.98 Å². The first-order valence-electron chi connectivity index (χ1n) is 6.28. The molecular weight excluding hydrogens is 288 g/mol. The normalized spacial score (nSPS) is 10.5. The lowest BCUT2D eigenvalue weighted by Crippen LogP contribution is -2.23. The number of hydrogen-bond acceptors (Lipinski definition) is 2. The highest BCUT2D eigenvalue weighted by molar-refractivity contribution is 6.31. The standard InChI is InChI=1S/C16H11ClN2O2/c17-12-4-1-5-13(10-12)19(16(20)21)14-6-7-15-11(9-14)3-2-8-18-15/h1-10H,(H,20,21). The summed E-state index contributed by atoms with van der Waals surface area (Å²) in [5, 5.41) is 10.9. The van der Waals surface area contributed by atoms with Crippen LogP contribution in [0.1, 0.15) is 0 Å². The van der Waals surface area contributed by atoms with E-state index in [1.54, 1.807) is 48.7 Å². The third-order valence-corrected chi connectivity index (χ3v) is 3.34. The smallest absolute Gasteiger partial charge is 0.416 e. The molecular formula is C16H11ClN2O2. The third kappa shape index (κ3) is 2.66. The molecule has 0 radical (unpaired) electrons. The van der Waals surface area contributed by atoms with Crippen LogP contribution in [0.15, 0.2) is 60.8 Å². The van der Waals surface area contributed by atoms with Crippen molar-refractivity contribution in [2.45, 2.75) is 0 Å². The molecule has 0 fully saturated rings. The van der Waals surface area contributed by atoms with Crippen LogP contribution < -0.4 is 4.90 Å². The van der Waals surface area contributed by atoms with Gasteiger partial charge in [0.1, 0.15) is 0 Å². The van der Waals surface area contributed by atoms with Crippen LogP contribution in [0.4, 0.5) is 16.2 Å². The largest absolute Gasteiger partial charge is 0.464 e. The summed E-state index contributed by atoms with van der Waals surface area (Å²) < 4.78 is 0. The lowest BCUT2D eigenvalue weighted by Gasteiger charge is -2.20. The molecule has 21 heavy (non-hydrogen) atoms. The van der Waals surface area contributed by atoms with Gasteiger partial charge in [-0.25, -0.2) is 9.69 Å². The molecule has 0 aliphatic rings. The zero-order valence-electron chi connectivity index (χ0n) is 10.9. The number of nitrogens with zero attached hydrogens (tertiary/aromatic N) is 2. The number of rotatable bonds is 2. The van der Waals surface area contributed by atoms with Gasteiger partial charge in [-0.15, -0.1) is 0 Å². The van der Waals surface area contributed by atoms with Crippen LogP contribution in [0.3, 0.4) is 0 Å². The van der Waals surface area contributed by atoms with Crippen molar-refractivity contribution in [1.29, 1.82) is 0 Å². The first kappa shape index (κ1) is 13.4.